The summed E-state index contributed by atoms with van der Waals surface area (Å²) in [4.78, 5) is 0. The monoisotopic (exact) mass is 358 g/mol. The highest BCUT2D eigenvalue weighted by Crippen LogP contribution is 2.30. The highest BCUT2D eigenvalue weighted by molar-refractivity contribution is 14.1. The summed E-state index contributed by atoms with van der Waals surface area (Å²) in [7, 11) is 0. The average Bonchev–Trinajstić information content (AvgIpc) is 2.20. The van der Waals surface area contributed by atoms with Gasteiger partial charge in [-0.15, -0.1) is 0 Å². The molecule has 0 aliphatic heterocycles. The lowest BCUT2D eigenvalue weighted by Crippen LogP contribution is -1.82. The molecule has 0 fully saturated rings. The Morgan fingerprint density at radius 3 is 2.00 bits per heavy atom. The number of hydrogen-bond acceptors (Lipinski definition) is 0. The van der Waals surface area contributed by atoms with Gasteiger partial charge in [0.1, 0.15) is 0 Å². The molecule has 2 rings (SSSR count). The largest absolute Gasteiger partial charge is 0.0616 e. The van der Waals surface area contributed by atoms with Crippen molar-refractivity contribution in [2.24, 2.45) is 0 Å². The molecule has 0 aliphatic carbocycles. The lowest BCUT2D eigenvalue weighted by atomic mass is 10.1. The van der Waals surface area contributed by atoms with E-state index in [-0.39, 0.29) is 0 Å². The van der Waals surface area contributed by atoms with Crippen LogP contribution in [0.5, 0.6) is 0 Å². The molecular formula is C12H8BrI. The van der Waals surface area contributed by atoms with Gasteiger partial charge in [-0.05, 0) is 45.9 Å². The Kier molecular flexibility index (Phi) is 3.23. The summed E-state index contributed by atoms with van der Waals surface area (Å²) in [5.41, 5.74) is 2.53. The quantitative estimate of drug-likeness (QED) is 0.647. The zero-order valence-electron chi connectivity index (χ0n) is 7.37. The summed E-state index contributed by atoms with van der Waals surface area (Å²) in [5, 5.41) is 0. The topological polar surface area (TPSA) is 0 Å². The van der Waals surface area contributed by atoms with Gasteiger partial charge in [-0.1, -0.05) is 52.3 Å². The summed E-state index contributed by atoms with van der Waals surface area (Å²) in [5.74, 6) is 0. The minimum Gasteiger partial charge on any atom is -0.0616 e. The van der Waals surface area contributed by atoms with Crippen LogP contribution in [0.25, 0.3) is 11.1 Å². The fourth-order valence-corrected chi connectivity index (χ4v) is 2.54. The molecule has 70 valence electrons. The maximum Gasteiger partial charge on any atom is 0.0254 e. The average molecular weight is 359 g/mol. The first kappa shape index (κ1) is 10.2. The summed E-state index contributed by atoms with van der Waals surface area (Å²) >= 11 is 5.92. The van der Waals surface area contributed by atoms with Crippen molar-refractivity contribution in [2.45, 2.75) is 0 Å². The zero-order chi connectivity index (χ0) is 9.97. The highest BCUT2D eigenvalue weighted by atomic mass is 127. The van der Waals surface area contributed by atoms with E-state index in [0.29, 0.717) is 0 Å². The van der Waals surface area contributed by atoms with E-state index < -0.39 is 0 Å². The first-order valence-electron chi connectivity index (χ1n) is 4.28. The lowest BCUT2D eigenvalue weighted by molar-refractivity contribution is 1.55. The zero-order valence-corrected chi connectivity index (χ0v) is 11.1. The van der Waals surface area contributed by atoms with E-state index in [1.807, 2.05) is 6.07 Å². The normalized spacial score (nSPS) is 10.1. The van der Waals surface area contributed by atoms with Crippen LogP contribution in [0.1, 0.15) is 0 Å². The van der Waals surface area contributed by atoms with Crippen LogP contribution in [0.4, 0.5) is 0 Å². The Morgan fingerprint density at radius 1 is 0.786 bits per heavy atom. The van der Waals surface area contributed by atoms with Crippen LogP contribution in [-0.2, 0) is 0 Å². The molecule has 0 N–H and O–H groups in total. The third-order valence-corrected chi connectivity index (χ3v) is 3.67. The van der Waals surface area contributed by atoms with Crippen molar-refractivity contribution >= 4 is 38.5 Å². The van der Waals surface area contributed by atoms with Gasteiger partial charge in [0.15, 0.2) is 0 Å². The second kappa shape index (κ2) is 4.45. The number of benzene rings is 2. The molecule has 2 aromatic rings. The van der Waals surface area contributed by atoms with Gasteiger partial charge in [0.05, 0.1) is 0 Å². The van der Waals surface area contributed by atoms with Crippen molar-refractivity contribution in [1.29, 1.82) is 0 Å². The molecule has 0 unspecified atom stereocenters. The molecule has 14 heavy (non-hydrogen) atoms. The van der Waals surface area contributed by atoms with E-state index in [0.717, 1.165) is 4.47 Å². The molecule has 0 amide bonds. The minimum absolute atomic E-state index is 1.14. The number of hydrogen-bond donors (Lipinski definition) is 0. The van der Waals surface area contributed by atoms with Crippen molar-refractivity contribution in [3.8, 4) is 11.1 Å². The Hall–Kier alpha value is -0.350. The van der Waals surface area contributed by atoms with Gasteiger partial charge >= 0.3 is 0 Å². The molecule has 0 radical (unpaired) electrons. The van der Waals surface area contributed by atoms with Crippen LogP contribution in [0.3, 0.4) is 0 Å². The Morgan fingerprint density at radius 2 is 1.36 bits per heavy atom. The number of rotatable bonds is 1. The second-order valence-corrected chi connectivity index (χ2v) is 4.98. The third-order valence-electron chi connectivity index (χ3n) is 2.04. The summed E-state index contributed by atoms with van der Waals surface area (Å²) < 4.78 is 2.42. The second-order valence-electron chi connectivity index (χ2n) is 2.96. The highest BCUT2D eigenvalue weighted by Gasteiger charge is 2.04. The Labute approximate surface area is 106 Å². The van der Waals surface area contributed by atoms with Crippen LogP contribution < -0.4 is 0 Å². The summed E-state index contributed by atoms with van der Waals surface area (Å²) in [6, 6.07) is 16.7. The van der Waals surface area contributed by atoms with E-state index in [1.54, 1.807) is 0 Å². The predicted octanol–water partition coefficient (Wildman–Crippen LogP) is 4.72. The van der Waals surface area contributed by atoms with Crippen molar-refractivity contribution in [1.82, 2.24) is 0 Å². The molecule has 0 atom stereocenters. The molecular weight excluding hydrogens is 351 g/mol. The molecule has 0 bridgehead atoms. The van der Waals surface area contributed by atoms with Gasteiger partial charge in [-0.2, -0.15) is 0 Å². The van der Waals surface area contributed by atoms with Crippen molar-refractivity contribution in [3.63, 3.8) is 0 Å². The van der Waals surface area contributed by atoms with Crippen molar-refractivity contribution in [2.75, 3.05) is 0 Å². The standard InChI is InChI=1S/C12H8BrI/c13-11-7-3-1-5-9(11)10-6-2-4-8-12(10)14/h1-8H. The van der Waals surface area contributed by atoms with Gasteiger partial charge in [0.25, 0.3) is 0 Å². The molecule has 0 heterocycles. The third kappa shape index (κ3) is 2.01. The van der Waals surface area contributed by atoms with E-state index in [1.165, 1.54) is 14.7 Å². The van der Waals surface area contributed by atoms with Crippen molar-refractivity contribution < 1.29 is 0 Å². The summed E-state index contributed by atoms with van der Waals surface area (Å²) in [6.07, 6.45) is 0. The molecule has 0 aliphatic rings. The lowest BCUT2D eigenvalue weighted by Gasteiger charge is -2.06. The van der Waals surface area contributed by atoms with Gasteiger partial charge in [-0.25, -0.2) is 0 Å². The van der Waals surface area contributed by atoms with E-state index in [4.69, 9.17) is 0 Å². The van der Waals surface area contributed by atoms with Crippen LogP contribution in [0.2, 0.25) is 0 Å². The first-order chi connectivity index (χ1) is 6.79. The maximum absolute atomic E-state index is 3.56. The van der Waals surface area contributed by atoms with Gasteiger partial charge < -0.3 is 0 Å². The smallest absolute Gasteiger partial charge is 0.0254 e. The molecule has 2 aromatic carbocycles. The molecule has 0 nitrogen and oxygen atoms in total. The Bertz CT molecular complexity index is 408. The Balaban J connectivity index is 2.61. The molecule has 0 saturated carbocycles. The fraction of sp³-hybridized carbons (Fsp3) is 0. The van der Waals surface area contributed by atoms with Gasteiger partial charge in [-0.3, -0.25) is 0 Å². The van der Waals surface area contributed by atoms with Crippen LogP contribution in [-0.4, -0.2) is 0 Å². The van der Waals surface area contributed by atoms with E-state index in [9.17, 15) is 0 Å². The van der Waals surface area contributed by atoms with Crippen LogP contribution >= 0.6 is 38.5 Å². The molecule has 0 aromatic heterocycles. The van der Waals surface area contributed by atoms with Gasteiger partial charge in [0.2, 0.25) is 0 Å². The SMILES string of the molecule is Brc1ccccc1-c1ccccc1I. The predicted molar refractivity (Wildman–Crippen MR) is 72.3 cm³/mol. The minimum atomic E-state index is 1.14. The van der Waals surface area contributed by atoms with E-state index >= 15 is 0 Å². The number of halogens is 2. The maximum atomic E-state index is 3.56. The van der Waals surface area contributed by atoms with E-state index in [2.05, 4.69) is 81.0 Å². The molecule has 0 spiro atoms. The molecule has 0 saturated heterocycles. The molecule has 2 heteroatoms. The summed E-state index contributed by atoms with van der Waals surface area (Å²) in [6.45, 7) is 0. The first-order valence-corrected chi connectivity index (χ1v) is 6.15. The van der Waals surface area contributed by atoms with Crippen LogP contribution in [0.15, 0.2) is 53.0 Å². The fourth-order valence-electron chi connectivity index (χ4n) is 1.36. The van der Waals surface area contributed by atoms with Gasteiger partial charge in [0, 0.05) is 8.04 Å². The van der Waals surface area contributed by atoms with Crippen LogP contribution in [0, 0.1) is 3.57 Å². The van der Waals surface area contributed by atoms with Crippen molar-refractivity contribution in [3.05, 3.63) is 56.6 Å².